The summed E-state index contributed by atoms with van der Waals surface area (Å²) in [5.74, 6) is -2.00. The van der Waals surface area contributed by atoms with Crippen LogP contribution in [0.2, 0.25) is 0 Å². The fourth-order valence-electron chi connectivity index (χ4n) is 2.65. The summed E-state index contributed by atoms with van der Waals surface area (Å²) in [5, 5.41) is 9.30. The normalized spacial score (nSPS) is 10.8. The molecule has 1 heterocycles. The molecule has 0 aliphatic carbocycles. The van der Waals surface area contributed by atoms with Crippen molar-refractivity contribution in [1.82, 2.24) is 9.13 Å². The zero-order chi connectivity index (χ0) is 20.1. The highest BCUT2D eigenvalue weighted by Crippen LogP contribution is 2.06. The first kappa shape index (κ1) is 19.2. The van der Waals surface area contributed by atoms with Gasteiger partial charge in [-0.05, 0) is 29.8 Å². The molecule has 7 nitrogen and oxygen atoms in total. The molecule has 0 spiro atoms. The van der Waals surface area contributed by atoms with Crippen molar-refractivity contribution in [3.63, 3.8) is 0 Å². The Labute approximate surface area is 158 Å². The molecule has 2 aromatic carbocycles. The second kappa shape index (κ2) is 8.45. The highest BCUT2D eigenvalue weighted by Gasteiger charge is 2.17. The van der Waals surface area contributed by atoms with Gasteiger partial charge in [-0.2, -0.15) is 0 Å². The van der Waals surface area contributed by atoms with Gasteiger partial charge in [0.25, 0.3) is 5.56 Å². The van der Waals surface area contributed by atoms with Crippen LogP contribution in [-0.4, -0.2) is 26.8 Å². The number of carbonyl (C=O) groups is 1. The second-order valence-electron chi connectivity index (χ2n) is 5.98. The summed E-state index contributed by atoms with van der Waals surface area (Å²) in [5.41, 5.74) is -1.24. The molecule has 0 saturated heterocycles. The molecule has 3 rings (SSSR count). The van der Waals surface area contributed by atoms with E-state index in [1.807, 2.05) is 30.3 Å². The van der Waals surface area contributed by atoms with Gasteiger partial charge in [-0.15, -0.1) is 0 Å². The predicted molar refractivity (Wildman–Crippen MR) is 99.3 cm³/mol. The summed E-state index contributed by atoms with van der Waals surface area (Å²) in [6.07, 6.45) is 0.999. The summed E-state index contributed by atoms with van der Waals surface area (Å²) in [6.45, 7) is 0.516. The largest absolute Gasteiger partial charge is 0.477 e. The van der Waals surface area contributed by atoms with E-state index in [9.17, 15) is 23.9 Å². The quantitative estimate of drug-likeness (QED) is 0.630. The Kier molecular flexibility index (Phi) is 5.81. The number of nitrogens with zero attached hydrogens (tertiary/aromatic N) is 2. The molecule has 8 heteroatoms. The number of carboxylic acid groups (broad SMARTS) is 1. The number of ether oxygens (including phenoxy) is 1. The highest BCUT2D eigenvalue weighted by molar-refractivity contribution is 5.86. The minimum Gasteiger partial charge on any atom is -0.477 e. The van der Waals surface area contributed by atoms with Crippen LogP contribution in [0.15, 0.2) is 70.4 Å². The Morgan fingerprint density at radius 1 is 1.04 bits per heavy atom. The van der Waals surface area contributed by atoms with Crippen molar-refractivity contribution < 1.29 is 19.0 Å². The first-order chi connectivity index (χ1) is 13.5. The highest BCUT2D eigenvalue weighted by atomic mass is 19.1. The number of rotatable bonds is 7. The average Bonchev–Trinajstić information content (AvgIpc) is 2.68. The first-order valence-corrected chi connectivity index (χ1v) is 8.45. The maximum atomic E-state index is 13.2. The molecule has 0 atom stereocenters. The number of benzene rings is 2. The molecule has 1 N–H and O–H groups in total. The molecule has 0 bridgehead atoms. The molecule has 1 aromatic heterocycles. The van der Waals surface area contributed by atoms with Crippen molar-refractivity contribution in [3.8, 4) is 5.69 Å². The van der Waals surface area contributed by atoms with Gasteiger partial charge in [-0.1, -0.05) is 30.3 Å². The van der Waals surface area contributed by atoms with Gasteiger partial charge < -0.3 is 9.84 Å². The standard InChI is InChI=1S/C20H17FN2O5/c21-15-6-8-16(9-7-15)23-18(24)17(19(25)26)12-22(20(23)27)10-11-28-13-14-4-2-1-3-5-14/h1-9,12H,10-11,13H2,(H,25,26). The zero-order valence-corrected chi connectivity index (χ0v) is 14.7. The van der Waals surface area contributed by atoms with Gasteiger partial charge in [-0.25, -0.2) is 18.5 Å². The van der Waals surface area contributed by atoms with Crippen LogP contribution in [-0.2, 0) is 17.9 Å². The van der Waals surface area contributed by atoms with Crippen molar-refractivity contribution in [2.45, 2.75) is 13.2 Å². The van der Waals surface area contributed by atoms with Crippen molar-refractivity contribution in [2.75, 3.05) is 6.61 Å². The molecule has 0 saturated carbocycles. The average molecular weight is 384 g/mol. The zero-order valence-electron chi connectivity index (χ0n) is 14.7. The lowest BCUT2D eigenvalue weighted by Crippen LogP contribution is -2.41. The van der Waals surface area contributed by atoms with Crippen molar-refractivity contribution >= 4 is 5.97 Å². The van der Waals surface area contributed by atoms with Gasteiger partial charge in [0.15, 0.2) is 0 Å². The van der Waals surface area contributed by atoms with Gasteiger partial charge in [0, 0.05) is 6.20 Å². The summed E-state index contributed by atoms with van der Waals surface area (Å²) in [4.78, 5) is 36.5. The van der Waals surface area contributed by atoms with Crippen LogP contribution in [0.5, 0.6) is 0 Å². The fraction of sp³-hybridized carbons (Fsp3) is 0.150. The smallest absolute Gasteiger partial charge is 0.342 e. The maximum absolute atomic E-state index is 13.2. The molecule has 144 valence electrons. The predicted octanol–water partition coefficient (Wildman–Crippen LogP) is 2.05. The Bertz CT molecular complexity index is 1090. The Morgan fingerprint density at radius 3 is 2.36 bits per heavy atom. The monoisotopic (exact) mass is 384 g/mol. The SMILES string of the molecule is O=C(O)c1cn(CCOCc2ccccc2)c(=O)n(-c2ccc(F)cc2)c1=O. The molecule has 0 aliphatic heterocycles. The maximum Gasteiger partial charge on any atom is 0.342 e. The molecule has 3 aromatic rings. The third-order valence-corrected chi connectivity index (χ3v) is 4.06. The number of aromatic carboxylic acids is 1. The Balaban J connectivity index is 1.88. The number of aromatic nitrogens is 2. The van der Waals surface area contributed by atoms with Gasteiger partial charge in [-0.3, -0.25) is 9.36 Å². The summed E-state index contributed by atoms with van der Waals surface area (Å²) < 4.78 is 20.5. The number of halogens is 1. The molecule has 0 fully saturated rings. The van der Waals surface area contributed by atoms with Crippen LogP contribution in [0, 0.1) is 5.82 Å². The fourth-order valence-corrected chi connectivity index (χ4v) is 2.65. The van der Waals surface area contributed by atoms with Gasteiger partial charge >= 0.3 is 11.7 Å². The summed E-state index contributed by atoms with van der Waals surface area (Å²) in [6, 6.07) is 14.1. The lowest BCUT2D eigenvalue weighted by Gasteiger charge is -2.12. The van der Waals surface area contributed by atoms with Crippen molar-refractivity contribution in [1.29, 1.82) is 0 Å². The van der Waals surface area contributed by atoms with E-state index in [0.29, 0.717) is 11.2 Å². The van der Waals surface area contributed by atoms with E-state index in [1.54, 1.807) is 0 Å². The molecular formula is C20H17FN2O5. The van der Waals surface area contributed by atoms with Gasteiger partial charge in [0.05, 0.1) is 25.4 Å². The van der Waals surface area contributed by atoms with Gasteiger partial charge in [0.2, 0.25) is 0 Å². The van der Waals surface area contributed by atoms with E-state index >= 15 is 0 Å². The summed E-state index contributed by atoms with van der Waals surface area (Å²) in [7, 11) is 0. The topological polar surface area (TPSA) is 90.5 Å². The van der Waals surface area contributed by atoms with Crippen molar-refractivity contribution in [3.05, 3.63) is 98.6 Å². The first-order valence-electron chi connectivity index (χ1n) is 8.45. The van der Waals surface area contributed by atoms with E-state index < -0.39 is 28.6 Å². The Morgan fingerprint density at radius 2 is 1.71 bits per heavy atom. The molecule has 28 heavy (non-hydrogen) atoms. The number of hydrogen-bond donors (Lipinski definition) is 1. The molecule has 0 aliphatic rings. The minimum atomic E-state index is -1.46. The van der Waals surface area contributed by atoms with Crippen LogP contribution in [0.3, 0.4) is 0 Å². The minimum absolute atomic E-state index is 0.0490. The lowest BCUT2D eigenvalue weighted by atomic mass is 10.2. The van der Waals surface area contributed by atoms with E-state index in [1.165, 1.54) is 12.1 Å². The van der Waals surface area contributed by atoms with Crippen molar-refractivity contribution in [2.24, 2.45) is 0 Å². The molecule has 0 amide bonds. The lowest BCUT2D eigenvalue weighted by molar-refractivity contribution is 0.0692. The van der Waals surface area contributed by atoms with Crippen LogP contribution in [0.25, 0.3) is 5.69 Å². The number of hydrogen-bond acceptors (Lipinski definition) is 4. The molecular weight excluding hydrogens is 367 g/mol. The number of carboxylic acids is 1. The third-order valence-electron chi connectivity index (χ3n) is 4.06. The van der Waals surface area contributed by atoms with Crippen LogP contribution in [0.1, 0.15) is 15.9 Å². The van der Waals surface area contributed by atoms with E-state index in [2.05, 4.69) is 0 Å². The van der Waals surface area contributed by atoms with E-state index in [4.69, 9.17) is 4.74 Å². The Hall–Kier alpha value is -3.52. The van der Waals surface area contributed by atoms with Crippen LogP contribution >= 0.6 is 0 Å². The van der Waals surface area contributed by atoms with E-state index in [-0.39, 0.29) is 18.8 Å². The van der Waals surface area contributed by atoms with Crippen LogP contribution in [0.4, 0.5) is 4.39 Å². The van der Waals surface area contributed by atoms with Gasteiger partial charge in [0.1, 0.15) is 11.4 Å². The van der Waals surface area contributed by atoms with Crippen LogP contribution < -0.4 is 11.2 Å². The second-order valence-corrected chi connectivity index (χ2v) is 5.98. The molecule has 0 unspecified atom stereocenters. The molecule has 0 radical (unpaired) electrons. The summed E-state index contributed by atoms with van der Waals surface area (Å²) >= 11 is 0. The third kappa shape index (κ3) is 4.24. The van der Waals surface area contributed by atoms with E-state index in [0.717, 1.165) is 28.5 Å².